The van der Waals surface area contributed by atoms with E-state index in [1.165, 1.54) is 21.1 Å². The molecule has 0 aliphatic carbocycles. The monoisotopic (exact) mass is 536 g/mol. The van der Waals surface area contributed by atoms with Gasteiger partial charge < -0.3 is 25.0 Å². The highest BCUT2D eigenvalue weighted by molar-refractivity contribution is 7.07. The Labute approximate surface area is 226 Å². The Morgan fingerprint density at radius 1 is 1.13 bits per heavy atom. The Balaban J connectivity index is 1.70. The number of carbonyl (C=O) groups excluding carboxylic acids is 2. The highest BCUT2D eigenvalue weighted by Crippen LogP contribution is 2.34. The Morgan fingerprint density at radius 2 is 1.87 bits per heavy atom. The number of hydrogen-bond donors (Lipinski definition) is 2. The fraction of sp³-hybridized carbons (Fsp3) is 0.357. The zero-order valence-corrected chi connectivity index (χ0v) is 22.7. The SMILES string of the molecule is COc1cc(C(=O)N2CCN(C(=O)Nc3ccccc3)CC2(Cc2cscn2)C(=O)O)ccc1C(C)(C)C. The number of hydrogen-bond acceptors (Lipinski definition) is 6. The molecule has 38 heavy (non-hydrogen) atoms. The lowest BCUT2D eigenvalue weighted by Gasteiger charge is -2.47. The molecule has 1 saturated heterocycles. The third-order valence-corrected chi connectivity index (χ3v) is 7.37. The van der Waals surface area contributed by atoms with Crippen LogP contribution in [0.3, 0.4) is 0 Å². The molecule has 0 bridgehead atoms. The summed E-state index contributed by atoms with van der Waals surface area (Å²) in [5, 5.41) is 15.2. The van der Waals surface area contributed by atoms with Gasteiger partial charge in [0.15, 0.2) is 5.54 Å². The molecule has 1 aromatic heterocycles. The fourth-order valence-electron chi connectivity index (χ4n) is 4.74. The van der Waals surface area contributed by atoms with E-state index in [1.54, 1.807) is 54.4 Å². The van der Waals surface area contributed by atoms with Gasteiger partial charge in [0.2, 0.25) is 0 Å². The van der Waals surface area contributed by atoms with Gasteiger partial charge in [-0.1, -0.05) is 45.0 Å². The second kappa shape index (κ2) is 10.8. The second-order valence-corrected chi connectivity index (χ2v) is 11.1. The molecule has 9 nitrogen and oxygen atoms in total. The minimum Gasteiger partial charge on any atom is -0.496 e. The van der Waals surface area contributed by atoms with E-state index in [1.807, 2.05) is 12.1 Å². The molecule has 200 valence electrons. The van der Waals surface area contributed by atoms with Crippen molar-refractivity contribution in [3.8, 4) is 5.75 Å². The Bertz CT molecular complexity index is 1310. The number of aromatic nitrogens is 1. The molecular weight excluding hydrogens is 504 g/mol. The lowest BCUT2D eigenvalue weighted by molar-refractivity contribution is -0.153. The number of piperazine rings is 1. The van der Waals surface area contributed by atoms with Crippen molar-refractivity contribution in [2.24, 2.45) is 0 Å². The minimum absolute atomic E-state index is 0.0378. The molecule has 1 aliphatic rings. The molecule has 0 radical (unpaired) electrons. The summed E-state index contributed by atoms with van der Waals surface area (Å²) in [6, 6.07) is 13.7. The van der Waals surface area contributed by atoms with E-state index in [2.05, 4.69) is 31.1 Å². The highest BCUT2D eigenvalue weighted by atomic mass is 32.1. The summed E-state index contributed by atoms with van der Waals surface area (Å²) >= 11 is 1.35. The summed E-state index contributed by atoms with van der Waals surface area (Å²) in [6.07, 6.45) is -0.0378. The highest BCUT2D eigenvalue weighted by Gasteiger charge is 2.52. The van der Waals surface area contributed by atoms with Gasteiger partial charge in [0.1, 0.15) is 5.75 Å². The van der Waals surface area contributed by atoms with Crippen LogP contribution in [-0.2, 0) is 16.6 Å². The molecule has 3 amide bonds. The first kappa shape index (κ1) is 27.1. The maximum absolute atomic E-state index is 13.9. The second-order valence-electron chi connectivity index (χ2n) is 10.3. The van der Waals surface area contributed by atoms with E-state index in [0.29, 0.717) is 22.7 Å². The molecule has 1 aliphatic heterocycles. The topological polar surface area (TPSA) is 112 Å². The van der Waals surface area contributed by atoms with Gasteiger partial charge in [-0.2, -0.15) is 0 Å². The smallest absolute Gasteiger partial charge is 0.331 e. The van der Waals surface area contributed by atoms with E-state index in [-0.39, 0.29) is 31.5 Å². The predicted octanol–water partition coefficient (Wildman–Crippen LogP) is 4.51. The summed E-state index contributed by atoms with van der Waals surface area (Å²) in [5.74, 6) is -1.08. The van der Waals surface area contributed by atoms with Crippen molar-refractivity contribution in [3.05, 3.63) is 76.2 Å². The minimum atomic E-state index is -1.71. The van der Waals surface area contributed by atoms with Gasteiger partial charge in [0.05, 0.1) is 24.9 Å². The number of nitrogens with one attached hydrogen (secondary N) is 1. The van der Waals surface area contributed by atoms with Crippen molar-refractivity contribution in [2.45, 2.75) is 38.1 Å². The van der Waals surface area contributed by atoms with Crippen LogP contribution < -0.4 is 10.1 Å². The Hall–Kier alpha value is -3.92. The van der Waals surface area contributed by atoms with E-state index < -0.39 is 23.4 Å². The van der Waals surface area contributed by atoms with Gasteiger partial charge in [0.25, 0.3) is 5.91 Å². The largest absolute Gasteiger partial charge is 0.496 e. The lowest BCUT2D eigenvalue weighted by atomic mass is 9.85. The number of carboxylic acids is 1. The maximum Gasteiger partial charge on any atom is 0.331 e. The number of amides is 3. The fourth-order valence-corrected chi connectivity index (χ4v) is 5.30. The molecule has 2 heterocycles. The first-order chi connectivity index (χ1) is 18.0. The average Bonchev–Trinajstić information content (AvgIpc) is 3.40. The summed E-state index contributed by atoms with van der Waals surface area (Å²) in [7, 11) is 1.55. The average molecular weight is 537 g/mol. The van der Waals surface area contributed by atoms with E-state index in [0.717, 1.165) is 5.56 Å². The summed E-state index contributed by atoms with van der Waals surface area (Å²) in [6.45, 7) is 6.18. The molecule has 0 spiro atoms. The zero-order chi connectivity index (χ0) is 27.5. The third kappa shape index (κ3) is 5.50. The van der Waals surface area contributed by atoms with Crippen LogP contribution in [0.1, 0.15) is 42.4 Å². The standard InChI is InChI=1S/C28H32N4O5S/c1-27(2,3)22-11-10-19(14-23(22)37-4)24(33)32-13-12-31(26(36)30-20-8-6-5-7-9-20)17-28(32,25(34)35)15-21-16-38-18-29-21/h5-11,14,16,18H,12-13,15,17H2,1-4H3,(H,30,36)(H,34,35). The van der Waals surface area contributed by atoms with Crippen LogP contribution in [0.4, 0.5) is 10.5 Å². The Kier molecular flexibility index (Phi) is 7.73. The normalized spacial score (nSPS) is 17.7. The lowest BCUT2D eigenvalue weighted by Crippen LogP contribution is -2.69. The van der Waals surface area contributed by atoms with Crippen LogP contribution in [0, 0.1) is 0 Å². The third-order valence-electron chi connectivity index (χ3n) is 6.73. The molecule has 2 N–H and O–H groups in total. The number of aliphatic carboxylic acids is 1. The molecule has 1 fully saturated rings. The molecule has 2 aromatic carbocycles. The molecule has 1 atom stereocenters. The van der Waals surface area contributed by atoms with Gasteiger partial charge >= 0.3 is 12.0 Å². The molecular formula is C28H32N4O5S. The van der Waals surface area contributed by atoms with Crippen LogP contribution in [0.2, 0.25) is 0 Å². The van der Waals surface area contributed by atoms with Crippen LogP contribution in [0.5, 0.6) is 5.75 Å². The Morgan fingerprint density at radius 3 is 2.47 bits per heavy atom. The predicted molar refractivity (Wildman–Crippen MR) is 146 cm³/mol. The molecule has 10 heteroatoms. The quantitative estimate of drug-likeness (QED) is 0.480. The number of nitrogens with zero attached hydrogens (tertiary/aromatic N) is 3. The number of benzene rings is 2. The zero-order valence-electron chi connectivity index (χ0n) is 21.9. The number of urea groups is 1. The number of thiazole rings is 1. The van der Waals surface area contributed by atoms with Crippen molar-refractivity contribution in [2.75, 3.05) is 32.1 Å². The van der Waals surface area contributed by atoms with Crippen LogP contribution in [0.25, 0.3) is 0 Å². The molecule has 0 saturated carbocycles. The van der Waals surface area contributed by atoms with Crippen molar-refractivity contribution in [3.63, 3.8) is 0 Å². The molecule has 1 unspecified atom stereocenters. The number of ether oxygens (including phenoxy) is 1. The summed E-state index contributed by atoms with van der Waals surface area (Å²) in [4.78, 5) is 47.1. The molecule has 4 rings (SSSR count). The van der Waals surface area contributed by atoms with Crippen molar-refractivity contribution < 1.29 is 24.2 Å². The maximum atomic E-state index is 13.9. The van der Waals surface area contributed by atoms with Crippen LogP contribution in [0.15, 0.2) is 59.4 Å². The van der Waals surface area contributed by atoms with Crippen LogP contribution in [-0.4, -0.2) is 70.1 Å². The number of para-hydroxylation sites is 1. The number of carboxylic acid groups (broad SMARTS) is 1. The van der Waals surface area contributed by atoms with E-state index in [9.17, 15) is 19.5 Å². The molecule has 3 aromatic rings. The van der Waals surface area contributed by atoms with E-state index >= 15 is 0 Å². The van der Waals surface area contributed by atoms with Gasteiger partial charge in [0, 0.05) is 36.1 Å². The van der Waals surface area contributed by atoms with Gasteiger partial charge in [-0.25, -0.2) is 14.6 Å². The number of carbonyl (C=O) groups is 3. The number of rotatable bonds is 6. The number of methoxy groups -OCH3 is 1. The summed E-state index contributed by atoms with van der Waals surface area (Å²) < 4.78 is 5.58. The van der Waals surface area contributed by atoms with Crippen molar-refractivity contribution >= 4 is 34.9 Å². The first-order valence-corrected chi connectivity index (χ1v) is 13.2. The van der Waals surface area contributed by atoms with Crippen LogP contribution >= 0.6 is 11.3 Å². The first-order valence-electron chi connectivity index (χ1n) is 12.3. The van der Waals surface area contributed by atoms with Crippen molar-refractivity contribution in [1.82, 2.24) is 14.8 Å². The van der Waals surface area contributed by atoms with Gasteiger partial charge in [-0.05, 0) is 35.2 Å². The van der Waals surface area contributed by atoms with E-state index in [4.69, 9.17) is 4.74 Å². The summed E-state index contributed by atoms with van der Waals surface area (Å²) in [5.41, 5.74) is 2.10. The van der Waals surface area contributed by atoms with Crippen molar-refractivity contribution in [1.29, 1.82) is 0 Å². The van der Waals surface area contributed by atoms with Gasteiger partial charge in [-0.15, -0.1) is 11.3 Å². The number of anilines is 1. The van der Waals surface area contributed by atoms with Gasteiger partial charge in [-0.3, -0.25) is 4.79 Å².